The van der Waals surface area contributed by atoms with Crippen LogP contribution in [0.25, 0.3) is 0 Å². The molecule has 13 heavy (non-hydrogen) atoms. The molecule has 0 aliphatic rings. The molecule has 4 N–H and O–H groups in total. The summed E-state index contributed by atoms with van der Waals surface area (Å²) in [6, 6.07) is 0. The Hall–Kier alpha value is -1.56. The number of aromatic amines is 1. The van der Waals surface area contributed by atoms with Gasteiger partial charge in [-0.25, -0.2) is 4.79 Å². The summed E-state index contributed by atoms with van der Waals surface area (Å²) in [6.45, 7) is 0. The van der Waals surface area contributed by atoms with Crippen molar-refractivity contribution in [1.29, 1.82) is 0 Å². The van der Waals surface area contributed by atoms with E-state index in [2.05, 4.69) is 9.40 Å². The van der Waals surface area contributed by atoms with Gasteiger partial charge in [0.2, 0.25) is 5.91 Å². The number of primary amides is 1. The largest absolute Gasteiger partial charge is 0.416 e. The first-order chi connectivity index (χ1) is 6.09. The third-order valence-electron chi connectivity index (χ3n) is 1.54. The van der Waals surface area contributed by atoms with E-state index in [-0.39, 0.29) is 18.6 Å². The average molecular weight is 186 g/mol. The second-order valence-electron chi connectivity index (χ2n) is 2.60. The second kappa shape index (κ2) is 3.90. The van der Waals surface area contributed by atoms with Gasteiger partial charge in [0.15, 0.2) is 5.76 Å². The van der Waals surface area contributed by atoms with Crippen LogP contribution in [0.4, 0.5) is 0 Å². The summed E-state index contributed by atoms with van der Waals surface area (Å²) in [5, 5.41) is 9.32. The molecule has 0 radical (unpaired) electrons. The van der Waals surface area contributed by atoms with Crippen LogP contribution < -0.4 is 11.5 Å². The molecular weight excluding hydrogens is 176 g/mol. The van der Waals surface area contributed by atoms with E-state index in [0.717, 1.165) is 0 Å². The first-order valence-electron chi connectivity index (χ1n) is 3.74. The lowest BCUT2D eigenvalue weighted by Crippen LogP contribution is -2.11. The Labute approximate surface area is 73.4 Å². The summed E-state index contributed by atoms with van der Waals surface area (Å²) in [5.74, 6) is -1.02. The highest BCUT2D eigenvalue weighted by atomic mass is 16.4. The van der Waals surface area contributed by atoms with Gasteiger partial charge in [-0.2, -0.15) is 0 Å². The van der Waals surface area contributed by atoms with E-state index in [9.17, 15) is 14.7 Å². The number of hydrogen-bond acceptors (Lipinski definition) is 4. The molecule has 1 amide bonds. The van der Waals surface area contributed by atoms with Crippen LogP contribution in [0.3, 0.4) is 0 Å². The Morgan fingerprint density at radius 3 is 2.92 bits per heavy atom. The quantitative estimate of drug-likeness (QED) is 0.575. The van der Waals surface area contributed by atoms with E-state index in [4.69, 9.17) is 5.73 Å². The monoisotopic (exact) mass is 186 g/mol. The van der Waals surface area contributed by atoms with Crippen molar-refractivity contribution in [3.05, 3.63) is 22.5 Å². The van der Waals surface area contributed by atoms with Crippen LogP contribution in [0.5, 0.6) is 0 Å². The highest BCUT2D eigenvalue weighted by Crippen LogP contribution is 2.15. The van der Waals surface area contributed by atoms with Crippen LogP contribution in [-0.2, 0) is 4.79 Å². The summed E-state index contributed by atoms with van der Waals surface area (Å²) in [6.07, 6.45) is 0.492. The molecule has 1 aromatic rings. The lowest BCUT2D eigenvalue weighted by Gasteiger charge is -2.03. The maximum absolute atomic E-state index is 10.5. The highest BCUT2D eigenvalue weighted by Gasteiger charge is 2.12. The van der Waals surface area contributed by atoms with Crippen molar-refractivity contribution in [3.8, 4) is 0 Å². The van der Waals surface area contributed by atoms with Gasteiger partial charge in [-0.15, -0.1) is 0 Å². The molecule has 0 saturated carbocycles. The molecule has 72 valence electrons. The summed E-state index contributed by atoms with van der Waals surface area (Å²) in [4.78, 5) is 23.1. The average Bonchev–Trinajstić information content (AvgIpc) is 2.47. The molecule has 6 nitrogen and oxygen atoms in total. The van der Waals surface area contributed by atoms with Crippen molar-refractivity contribution >= 4 is 5.91 Å². The molecule has 1 atom stereocenters. The third kappa shape index (κ3) is 2.75. The Kier molecular flexibility index (Phi) is 2.86. The van der Waals surface area contributed by atoms with Crippen LogP contribution in [0.1, 0.15) is 24.7 Å². The van der Waals surface area contributed by atoms with Crippen LogP contribution in [0.2, 0.25) is 0 Å². The number of amides is 1. The molecule has 1 aromatic heterocycles. The normalized spacial score (nSPS) is 12.7. The summed E-state index contributed by atoms with van der Waals surface area (Å²) in [7, 11) is 0. The van der Waals surface area contributed by atoms with E-state index in [1.165, 1.54) is 6.20 Å². The summed E-state index contributed by atoms with van der Waals surface area (Å²) < 4.78 is 4.56. The minimum absolute atomic E-state index is 0.0516. The highest BCUT2D eigenvalue weighted by molar-refractivity contribution is 5.73. The molecule has 1 rings (SSSR count). The number of aromatic nitrogens is 1. The Balaban J connectivity index is 2.53. The maximum atomic E-state index is 10.5. The van der Waals surface area contributed by atoms with E-state index in [1.807, 2.05) is 0 Å². The van der Waals surface area contributed by atoms with Gasteiger partial charge in [0.1, 0.15) is 6.10 Å². The molecule has 0 aromatic carbocycles. The van der Waals surface area contributed by atoms with Crippen molar-refractivity contribution < 1.29 is 14.3 Å². The van der Waals surface area contributed by atoms with E-state index in [1.54, 1.807) is 0 Å². The number of carbonyl (C=O) groups excluding carboxylic acids is 1. The van der Waals surface area contributed by atoms with Gasteiger partial charge in [-0.1, -0.05) is 0 Å². The van der Waals surface area contributed by atoms with Crippen molar-refractivity contribution in [3.63, 3.8) is 0 Å². The second-order valence-corrected chi connectivity index (χ2v) is 2.60. The summed E-state index contributed by atoms with van der Waals surface area (Å²) >= 11 is 0. The molecule has 0 bridgehead atoms. The Bertz CT molecular complexity index is 340. The number of aliphatic hydroxyl groups excluding tert-OH is 1. The molecule has 0 spiro atoms. The zero-order chi connectivity index (χ0) is 9.84. The SMILES string of the molecule is NC(=O)CCC(O)c1c[nH]c(=O)o1. The zero-order valence-corrected chi connectivity index (χ0v) is 6.82. The fourth-order valence-electron chi connectivity index (χ4n) is 0.881. The van der Waals surface area contributed by atoms with Gasteiger partial charge in [-0.3, -0.25) is 9.78 Å². The van der Waals surface area contributed by atoms with Crippen molar-refractivity contribution in [2.45, 2.75) is 18.9 Å². The molecule has 0 fully saturated rings. The third-order valence-corrected chi connectivity index (χ3v) is 1.54. The minimum Gasteiger partial charge on any atom is -0.410 e. The number of carbonyl (C=O) groups is 1. The number of oxazole rings is 1. The Morgan fingerprint density at radius 1 is 1.77 bits per heavy atom. The van der Waals surface area contributed by atoms with Gasteiger partial charge in [0.05, 0.1) is 0 Å². The van der Waals surface area contributed by atoms with Crippen LogP contribution in [0.15, 0.2) is 15.4 Å². The first-order valence-corrected chi connectivity index (χ1v) is 3.74. The van der Waals surface area contributed by atoms with Crippen molar-refractivity contribution in [2.24, 2.45) is 5.73 Å². The zero-order valence-electron chi connectivity index (χ0n) is 6.82. The van der Waals surface area contributed by atoms with Gasteiger partial charge < -0.3 is 15.3 Å². The number of nitrogens with two attached hydrogens (primary N) is 1. The Morgan fingerprint density at radius 2 is 2.46 bits per heavy atom. The van der Waals surface area contributed by atoms with E-state index >= 15 is 0 Å². The number of hydrogen-bond donors (Lipinski definition) is 3. The topological polar surface area (TPSA) is 109 Å². The molecular formula is C7H10N2O4. The molecule has 1 unspecified atom stereocenters. The molecule has 1 heterocycles. The van der Waals surface area contributed by atoms with Crippen molar-refractivity contribution in [2.75, 3.05) is 0 Å². The van der Waals surface area contributed by atoms with Gasteiger partial charge in [0, 0.05) is 12.6 Å². The fourth-order valence-corrected chi connectivity index (χ4v) is 0.881. The predicted octanol–water partition coefficient (Wildman–Crippen LogP) is -0.733. The maximum Gasteiger partial charge on any atom is 0.416 e. The van der Waals surface area contributed by atoms with Crippen molar-refractivity contribution in [1.82, 2.24) is 4.98 Å². The van der Waals surface area contributed by atoms with Gasteiger partial charge in [0.25, 0.3) is 0 Å². The minimum atomic E-state index is -0.966. The molecule has 6 heteroatoms. The lowest BCUT2D eigenvalue weighted by molar-refractivity contribution is -0.118. The smallest absolute Gasteiger partial charge is 0.410 e. The fraction of sp³-hybridized carbons (Fsp3) is 0.429. The standard InChI is InChI=1S/C7H10N2O4/c8-6(11)2-1-4(10)5-3-9-7(12)13-5/h3-4,10H,1-2H2,(H2,8,11)(H,9,12). The van der Waals surface area contributed by atoms with Gasteiger partial charge in [-0.05, 0) is 6.42 Å². The van der Waals surface area contributed by atoms with Gasteiger partial charge >= 0.3 is 5.76 Å². The summed E-state index contributed by atoms with van der Waals surface area (Å²) in [5.41, 5.74) is 4.87. The lowest BCUT2D eigenvalue weighted by atomic mass is 10.1. The molecule has 0 aliphatic heterocycles. The molecule has 0 aliphatic carbocycles. The van der Waals surface area contributed by atoms with Crippen LogP contribution in [0, 0.1) is 0 Å². The molecule has 0 saturated heterocycles. The van der Waals surface area contributed by atoms with E-state index in [0.29, 0.717) is 0 Å². The number of H-pyrrole nitrogens is 1. The number of aliphatic hydroxyl groups is 1. The van der Waals surface area contributed by atoms with Crippen LogP contribution in [-0.4, -0.2) is 16.0 Å². The van der Waals surface area contributed by atoms with E-state index < -0.39 is 17.8 Å². The number of nitrogens with one attached hydrogen (secondary N) is 1. The number of rotatable bonds is 4. The van der Waals surface area contributed by atoms with Crippen LogP contribution >= 0.6 is 0 Å². The predicted molar refractivity (Wildman–Crippen MR) is 42.7 cm³/mol. The first kappa shape index (κ1) is 9.53.